The highest BCUT2D eigenvalue weighted by atomic mass is 16.3. The second-order valence-electron chi connectivity index (χ2n) is 8.83. The molecular formula is C29H31N5O. The molecule has 1 aliphatic rings. The molecule has 4 aromatic rings. The first-order chi connectivity index (χ1) is 17.3. The Balaban J connectivity index is 1.35. The number of hydrogen-bond acceptors (Lipinski definition) is 6. The average molecular weight is 466 g/mol. The van der Waals surface area contributed by atoms with Crippen molar-refractivity contribution in [1.82, 2.24) is 20.2 Å². The van der Waals surface area contributed by atoms with Crippen LogP contribution in [0.2, 0.25) is 0 Å². The summed E-state index contributed by atoms with van der Waals surface area (Å²) in [6.07, 6.45) is 2.63. The van der Waals surface area contributed by atoms with Gasteiger partial charge in [0.2, 0.25) is 5.95 Å². The zero-order valence-electron chi connectivity index (χ0n) is 19.8. The number of aromatic hydroxyl groups is 1. The summed E-state index contributed by atoms with van der Waals surface area (Å²) >= 11 is 0. The van der Waals surface area contributed by atoms with Gasteiger partial charge in [-0.1, -0.05) is 60.7 Å². The smallest absolute Gasteiger partial charge is 0.223 e. The minimum absolute atomic E-state index is 0.211. The zero-order chi connectivity index (χ0) is 23.9. The second-order valence-corrected chi connectivity index (χ2v) is 8.83. The van der Waals surface area contributed by atoms with E-state index in [4.69, 9.17) is 4.98 Å². The van der Waals surface area contributed by atoms with Crippen LogP contribution in [-0.4, -0.2) is 52.7 Å². The lowest BCUT2D eigenvalue weighted by molar-refractivity contribution is 0.198. The zero-order valence-corrected chi connectivity index (χ0v) is 19.8. The van der Waals surface area contributed by atoms with Crippen molar-refractivity contribution < 1.29 is 5.11 Å². The van der Waals surface area contributed by atoms with Crippen LogP contribution in [0.3, 0.4) is 0 Å². The number of phenolic OH excluding ortho intramolecular Hbond substituents is 1. The summed E-state index contributed by atoms with van der Waals surface area (Å²) in [6.45, 7) is 4.77. The summed E-state index contributed by atoms with van der Waals surface area (Å²) in [4.78, 5) is 11.8. The van der Waals surface area contributed by atoms with Gasteiger partial charge in [-0.15, -0.1) is 0 Å². The van der Waals surface area contributed by atoms with E-state index in [1.54, 1.807) is 12.1 Å². The van der Waals surface area contributed by atoms with E-state index in [1.807, 2.05) is 24.4 Å². The van der Waals surface area contributed by atoms with Crippen molar-refractivity contribution in [1.29, 1.82) is 0 Å². The van der Waals surface area contributed by atoms with E-state index >= 15 is 0 Å². The maximum atomic E-state index is 9.45. The molecule has 1 aromatic heterocycles. The first-order valence-corrected chi connectivity index (χ1v) is 12.2. The third-order valence-electron chi connectivity index (χ3n) is 6.42. The topological polar surface area (TPSA) is 73.3 Å². The molecule has 0 amide bonds. The second kappa shape index (κ2) is 11.1. The molecule has 5 rings (SSSR count). The van der Waals surface area contributed by atoms with E-state index in [0.717, 1.165) is 49.4 Å². The number of anilines is 1. The Hall–Kier alpha value is -3.74. The van der Waals surface area contributed by atoms with Crippen LogP contribution in [0.5, 0.6) is 5.75 Å². The van der Waals surface area contributed by atoms with Gasteiger partial charge in [-0.2, -0.15) is 0 Å². The van der Waals surface area contributed by atoms with E-state index in [-0.39, 0.29) is 11.8 Å². The summed E-state index contributed by atoms with van der Waals surface area (Å²) in [5.41, 5.74) is 5.73. The van der Waals surface area contributed by atoms with Crippen molar-refractivity contribution in [2.75, 3.05) is 38.0 Å². The molecule has 1 saturated heterocycles. The van der Waals surface area contributed by atoms with E-state index in [2.05, 4.69) is 75.1 Å². The number of piperazine rings is 1. The molecule has 6 heteroatoms. The number of aromatic nitrogens is 2. The van der Waals surface area contributed by atoms with Gasteiger partial charge in [-0.3, -0.25) is 4.90 Å². The molecule has 2 heterocycles. The fraction of sp³-hybridized carbons (Fsp3) is 0.241. The van der Waals surface area contributed by atoms with E-state index < -0.39 is 0 Å². The maximum Gasteiger partial charge on any atom is 0.223 e. The summed E-state index contributed by atoms with van der Waals surface area (Å²) < 4.78 is 0. The summed E-state index contributed by atoms with van der Waals surface area (Å²) in [5, 5.41) is 16.3. The van der Waals surface area contributed by atoms with Crippen LogP contribution in [0.4, 0.5) is 5.95 Å². The fourth-order valence-corrected chi connectivity index (χ4v) is 4.64. The highest BCUT2D eigenvalue weighted by Gasteiger charge is 2.24. The third-order valence-corrected chi connectivity index (χ3v) is 6.42. The van der Waals surface area contributed by atoms with Crippen LogP contribution in [0.1, 0.15) is 22.7 Å². The molecule has 1 unspecified atom stereocenters. The Bertz CT molecular complexity index is 1220. The minimum Gasteiger partial charge on any atom is -0.508 e. The lowest BCUT2D eigenvalue weighted by Crippen LogP contribution is -2.45. The quantitative estimate of drug-likeness (QED) is 0.356. The van der Waals surface area contributed by atoms with Crippen molar-refractivity contribution in [2.45, 2.75) is 12.5 Å². The molecule has 1 fully saturated rings. The molecule has 1 atom stereocenters. The number of rotatable bonds is 8. The van der Waals surface area contributed by atoms with Crippen LogP contribution >= 0.6 is 0 Å². The van der Waals surface area contributed by atoms with Gasteiger partial charge >= 0.3 is 0 Å². The van der Waals surface area contributed by atoms with Crippen molar-refractivity contribution in [3.05, 3.63) is 108 Å². The number of hydrogen-bond donors (Lipinski definition) is 3. The number of nitrogens with one attached hydrogen (secondary N) is 2. The van der Waals surface area contributed by atoms with Gasteiger partial charge in [0.1, 0.15) is 5.75 Å². The minimum atomic E-state index is 0.211. The van der Waals surface area contributed by atoms with Crippen LogP contribution < -0.4 is 10.6 Å². The monoisotopic (exact) mass is 465 g/mol. The summed E-state index contributed by atoms with van der Waals surface area (Å²) in [6, 6.07) is 29.0. The van der Waals surface area contributed by atoms with Gasteiger partial charge in [0.25, 0.3) is 0 Å². The Morgan fingerprint density at radius 3 is 2.46 bits per heavy atom. The Kier molecular flexibility index (Phi) is 7.32. The molecule has 35 heavy (non-hydrogen) atoms. The molecule has 0 spiro atoms. The van der Waals surface area contributed by atoms with Crippen LogP contribution in [0.25, 0.3) is 11.3 Å². The van der Waals surface area contributed by atoms with Gasteiger partial charge in [0, 0.05) is 44.5 Å². The number of nitrogens with zero attached hydrogens (tertiary/aromatic N) is 3. The maximum absolute atomic E-state index is 9.45. The van der Waals surface area contributed by atoms with Gasteiger partial charge in [-0.05, 0) is 47.4 Å². The van der Waals surface area contributed by atoms with Crippen LogP contribution in [-0.2, 0) is 6.42 Å². The van der Waals surface area contributed by atoms with Crippen molar-refractivity contribution in [3.8, 4) is 17.0 Å². The van der Waals surface area contributed by atoms with Crippen molar-refractivity contribution >= 4 is 5.95 Å². The number of benzene rings is 3. The van der Waals surface area contributed by atoms with Gasteiger partial charge in [-0.25, -0.2) is 9.97 Å². The molecule has 6 nitrogen and oxygen atoms in total. The first-order valence-electron chi connectivity index (χ1n) is 12.2. The van der Waals surface area contributed by atoms with E-state index in [1.165, 1.54) is 11.1 Å². The lowest BCUT2D eigenvalue weighted by atomic mass is 9.94. The summed E-state index contributed by atoms with van der Waals surface area (Å²) in [7, 11) is 0. The molecule has 0 radical (unpaired) electrons. The molecule has 0 aliphatic carbocycles. The highest BCUT2D eigenvalue weighted by molar-refractivity contribution is 5.61. The average Bonchev–Trinajstić information content (AvgIpc) is 2.92. The third kappa shape index (κ3) is 5.85. The van der Waals surface area contributed by atoms with Gasteiger partial charge < -0.3 is 15.7 Å². The van der Waals surface area contributed by atoms with Crippen LogP contribution in [0, 0.1) is 0 Å². The normalized spacial score (nSPS) is 15.0. The van der Waals surface area contributed by atoms with Gasteiger partial charge in [0.15, 0.2) is 0 Å². The van der Waals surface area contributed by atoms with Gasteiger partial charge in [0.05, 0.1) is 11.7 Å². The van der Waals surface area contributed by atoms with Crippen LogP contribution in [0.15, 0.2) is 91.1 Å². The molecule has 3 N–H and O–H groups in total. The Labute approximate surface area is 206 Å². The fourth-order valence-electron chi connectivity index (χ4n) is 4.64. The van der Waals surface area contributed by atoms with E-state index in [0.29, 0.717) is 12.5 Å². The molecule has 178 valence electrons. The summed E-state index contributed by atoms with van der Waals surface area (Å²) in [5.74, 6) is 0.903. The molecule has 3 aromatic carbocycles. The first kappa shape index (κ1) is 23.0. The van der Waals surface area contributed by atoms with E-state index in [9.17, 15) is 5.11 Å². The Morgan fingerprint density at radius 2 is 1.66 bits per heavy atom. The molecular weight excluding hydrogens is 434 g/mol. The SMILES string of the molecule is Oc1ccc(CCNc2nccc(-c3cccc(C(c4ccccc4)N4CCNCC4)c3)n2)cc1. The Morgan fingerprint density at radius 1 is 0.886 bits per heavy atom. The molecule has 0 bridgehead atoms. The van der Waals surface area contributed by atoms with Crippen molar-refractivity contribution in [2.24, 2.45) is 0 Å². The lowest BCUT2D eigenvalue weighted by Gasteiger charge is -2.35. The van der Waals surface area contributed by atoms with Crippen molar-refractivity contribution in [3.63, 3.8) is 0 Å². The predicted octanol–water partition coefficient (Wildman–Crippen LogP) is 4.50. The number of phenols is 1. The highest BCUT2D eigenvalue weighted by Crippen LogP contribution is 2.31. The predicted molar refractivity (Wildman–Crippen MR) is 140 cm³/mol. The standard InChI is InChI=1S/C29H31N5O/c35-26-11-9-22(10-12-26)13-15-31-29-32-16-14-27(33-29)24-7-4-8-25(21-24)28(23-5-2-1-3-6-23)34-19-17-30-18-20-34/h1-12,14,16,21,28,30,35H,13,15,17-20H2,(H,31,32,33). The molecule has 0 saturated carbocycles. The largest absolute Gasteiger partial charge is 0.508 e. The molecule has 1 aliphatic heterocycles.